The van der Waals surface area contributed by atoms with Crippen LogP contribution in [-0.2, 0) is 4.79 Å². The number of para-hydroxylation sites is 1. The van der Waals surface area contributed by atoms with Crippen molar-refractivity contribution in [2.24, 2.45) is 0 Å². The summed E-state index contributed by atoms with van der Waals surface area (Å²) in [6.45, 7) is 1.76. The van der Waals surface area contributed by atoms with Crippen molar-refractivity contribution in [2.75, 3.05) is 5.32 Å². The van der Waals surface area contributed by atoms with Crippen molar-refractivity contribution in [3.63, 3.8) is 0 Å². The number of carbonyl (C=O) groups excluding carboxylic acids is 2. The van der Waals surface area contributed by atoms with Gasteiger partial charge in [0.15, 0.2) is 0 Å². The molecule has 3 N–H and O–H groups in total. The Hall–Kier alpha value is -2.18. The fourth-order valence-corrected chi connectivity index (χ4v) is 2.67. The van der Waals surface area contributed by atoms with Gasteiger partial charge < -0.3 is 5.32 Å². The Bertz CT molecular complexity index is 665. The van der Waals surface area contributed by atoms with E-state index in [9.17, 15) is 9.59 Å². The van der Waals surface area contributed by atoms with Gasteiger partial charge in [-0.05, 0) is 43.3 Å². The van der Waals surface area contributed by atoms with Crippen molar-refractivity contribution in [1.82, 2.24) is 10.9 Å². The van der Waals surface area contributed by atoms with Crippen molar-refractivity contribution in [3.05, 3.63) is 59.6 Å². The van der Waals surface area contributed by atoms with Crippen molar-refractivity contribution in [1.29, 1.82) is 0 Å². The molecule has 1 unspecified atom stereocenters. The fourth-order valence-electron chi connectivity index (χ4n) is 1.67. The van der Waals surface area contributed by atoms with E-state index >= 15 is 0 Å². The lowest BCUT2D eigenvalue weighted by Crippen LogP contribution is -2.46. The molecule has 0 aliphatic carbocycles. The minimum Gasteiger partial charge on any atom is -0.307 e. The average Bonchev–Trinajstić information content (AvgIpc) is 2.55. The molecule has 5 nitrogen and oxygen atoms in total. The monoisotopic (exact) mass is 349 g/mol. The first-order valence-electron chi connectivity index (χ1n) is 6.89. The van der Waals surface area contributed by atoms with E-state index in [4.69, 9.17) is 11.6 Å². The van der Waals surface area contributed by atoms with Gasteiger partial charge in [-0.2, -0.15) is 0 Å². The number of nitrogens with one attached hydrogen (secondary N) is 3. The number of urea groups is 1. The van der Waals surface area contributed by atoms with Gasteiger partial charge in [0.05, 0.1) is 5.25 Å². The summed E-state index contributed by atoms with van der Waals surface area (Å²) < 4.78 is 0. The molecule has 1 atom stereocenters. The zero-order chi connectivity index (χ0) is 16.7. The predicted octanol–water partition coefficient (Wildman–Crippen LogP) is 3.67. The van der Waals surface area contributed by atoms with Crippen molar-refractivity contribution in [2.45, 2.75) is 17.1 Å². The third kappa shape index (κ3) is 5.84. The highest BCUT2D eigenvalue weighted by molar-refractivity contribution is 8.00. The molecule has 0 heterocycles. The smallest absolute Gasteiger partial charge is 0.307 e. The number of hydrogen-bond donors (Lipinski definition) is 3. The lowest BCUT2D eigenvalue weighted by atomic mass is 10.3. The molecular weight excluding hydrogens is 334 g/mol. The second kappa shape index (κ2) is 8.45. The lowest BCUT2D eigenvalue weighted by molar-refractivity contribution is -0.120. The molecule has 0 radical (unpaired) electrons. The molecule has 0 saturated carbocycles. The zero-order valence-electron chi connectivity index (χ0n) is 12.4. The van der Waals surface area contributed by atoms with Crippen LogP contribution in [0.2, 0.25) is 5.02 Å². The Morgan fingerprint density at radius 1 is 1.00 bits per heavy atom. The highest BCUT2D eigenvalue weighted by Crippen LogP contribution is 2.24. The second-order valence-electron chi connectivity index (χ2n) is 4.65. The Labute approximate surface area is 143 Å². The fraction of sp³-hybridized carbons (Fsp3) is 0.125. The van der Waals surface area contributed by atoms with E-state index in [1.54, 1.807) is 43.3 Å². The number of hydrogen-bond acceptors (Lipinski definition) is 3. The van der Waals surface area contributed by atoms with E-state index in [1.807, 2.05) is 18.2 Å². The van der Waals surface area contributed by atoms with Gasteiger partial charge in [-0.3, -0.25) is 10.2 Å². The van der Waals surface area contributed by atoms with Crippen LogP contribution in [0.15, 0.2) is 59.5 Å². The molecule has 2 aromatic rings. The predicted molar refractivity (Wildman–Crippen MR) is 93.5 cm³/mol. The van der Waals surface area contributed by atoms with Gasteiger partial charge in [0.2, 0.25) is 0 Å². The van der Waals surface area contributed by atoms with E-state index in [1.165, 1.54) is 11.8 Å². The standard InChI is InChI=1S/C16H16ClN3O2S/c1-11(23-14-9-7-12(17)8-10-14)15(21)19-20-16(22)18-13-5-3-2-4-6-13/h2-11H,1H3,(H,19,21)(H2,18,20,22). The van der Waals surface area contributed by atoms with Crippen LogP contribution in [0.25, 0.3) is 0 Å². The summed E-state index contributed by atoms with van der Waals surface area (Å²) in [6.07, 6.45) is 0. The Kier molecular flexibility index (Phi) is 6.31. The van der Waals surface area contributed by atoms with E-state index in [0.717, 1.165) is 4.90 Å². The molecule has 0 fully saturated rings. The first-order valence-corrected chi connectivity index (χ1v) is 8.14. The molecule has 0 saturated heterocycles. The largest absolute Gasteiger partial charge is 0.337 e. The third-order valence-electron chi connectivity index (χ3n) is 2.83. The van der Waals surface area contributed by atoms with E-state index in [2.05, 4.69) is 16.2 Å². The first-order chi connectivity index (χ1) is 11.0. The molecule has 0 aromatic heterocycles. The number of hydrazine groups is 1. The summed E-state index contributed by atoms with van der Waals surface area (Å²) in [5.74, 6) is -0.298. The number of benzene rings is 2. The number of anilines is 1. The molecule has 3 amide bonds. The maximum absolute atomic E-state index is 12.0. The minimum absolute atomic E-state index is 0.298. The van der Waals surface area contributed by atoms with Gasteiger partial charge in [0.1, 0.15) is 0 Å². The molecule has 0 spiro atoms. The van der Waals surface area contributed by atoms with Crippen molar-refractivity contribution < 1.29 is 9.59 Å². The van der Waals surface area contributed by atoms with Crippen molar-refractivity contribution >= 4 is 41.0 Å². The van der Waals surface area contributed by atoms with Crippen LogP contribution in [0.1, 0.15) is 6.92 Å². The average molecular weight is 350 g/mol. The zero-order valence-corrected chi connectivity index (χ0v) is 13.9. The van der Waals surface area contributed by atoms with Gasteiger partial charge in [0, 0.05) is 15.6 Å². The highest BCUT2D eigenvalue weighted by Gasteiger charge is 2.15. The van der Waals surface area contributed by atoms with Crippen LogP contribution in [0, 0.1) is 0 Å². The van der Waals surface area contributed by atoms with Gasteiger partial charge in [-0.15, -0.1) is 11.8 Å². The molecule has 23 heavy (non-hydrogen) atoms. The quantitative estimate of drug-likeness (QED) is 0.582. The molecule has 2 aromatic carbocycles. The first kappa shape index (κ1) is 17.2. The van der Waals surface area contributed by atoms with Crippen LogP contribution < -0.4 is 16.2 Å². The van der Waals surface area contributed by atoms with E-state index < -0.39 is 6.03 Å². The van der Waals surface area contributed by atoms with Gasteiger partial charge >= 0.3 is 6.03 Å². The van der Waals surface area contributed by atoms with Crippen LogP contribution in [0.3, 0.4) is 0 Å². The molecule has 0 aliphatic rings. The maximum Gasteiger partial charge on any atom is 0.337 e. The van der Waals surface area contributed by atoms with Gasteiger partial charge in [-0.25, -0.2) is 10.2 Å². The molecule has 120 valence electrons. The summed E-state index contributed by atoms with van der Waals surface area (Å²) in [6, 6.07) is 15.7. The summed E-state index contributed by atoms with van der Waals surface area (Å²) in [5, 5.41) is 2.88. The molecule has 0 bridgehead atoms. The van der Waals surface area contributed by atoms with Gasteiger partial charge in [-0.1, -0.05) is 29.8 Å². The summed E-state index contributed by atoms with van der Waals surface area (Å²) >= 11 is 7.19. The SMILES string of the molecule is CC(Sc1ccc(Cl)cc1)C(=O)NNC(=O)Nc1ccccc1. The normalized spacial score (nSPS) is 11.4. The summed E-state index contributed by atoms with van der Waals surface area (Å²) in [4.78, 5) is 24.6. The lowest BCUT2D eigenvalue weighted by Gasteiger charge is -2.13. The number of rotatable bonds is 4. The molecule has 2 rings (SSSR count). The highest BCUT2D eigenvalue weighted by atomic mass is 35.5. The summed E-state index contributed by atoms with van der Waals surface area (Å²) in [5.41, 5.74) is 5.35. The molecule has 7 heteroatoms. The summed E-state index contributed by atoms with van der Waals surface area (Å²) in [7, 11) is 0. The molecular formula is C16H16ClN3O2S. The van der Waals surface area contributed by atoms with Crippen LogP contribution in [-0.4, -0.2) is 17.2 Å². The Balaban J connectivity index is 1.77. The maximum atomic E-state index is 12.0. The number of halogens is 1. The van der Waals surface area contributed by atoms with Gasteiger partial charge in [0.25, 0.3) is 5.91 Å². The third-order valence-corrected chi connectivity index (χ3v) is 4.19. The molecule has 0 aliphatic heterocycles. The number of carbonyl (C=O) groups is 2. The van der Waals surface area contributed by atoms with E-state index in [-0.39, 0.29) is 11.2 Å². The van der Waals surface area contributed by atoms with Crippen molar-refractivity contribution in [3.8, 4) is 0 Å². The topological polar surface area (TPSA) is 70.2 Å². The van der Waals surface area contributed by atoms with E-state index in [0.29, 0.717) is 10.7 Å². The Morgan fingerprint density at radius 3 is 2.30 bits per heavy atom. The second-order valence-corrected chi connectivity index (χ2v) is 6.50. The Morgan fingerprint density at radius 2 is 1.65 bits per heavy atom. The minimum atomic E-state index is -0.506. The number of amides is 3. The van der Waals surface area contributed by atoms with Crippen LogP contribution in [0.4, 0.5) is 10.5 Å². The number of thioether (sulfide) groups is 1. The van der Waals surface area contributed by atoms with Crippen LogP contribution >= 0.6 is 23.4 Å². The van der Waals surface area contributed by atoms with Crippen LogP contribution in [0.5, 0.6) is 0 Å².